The van der Waals surface area contributed by atoms with Crippen molar-refractivity contribution < 1.29 is 9.90 Å². The lowest BCUT2D eigenvalue weighted by molar-refractivity contribution is -0.130. The standard InChI is InChI=1S/C21H30N4O2S.HI/c1-4-22-20(24-16-21(3,27)18-11-12-28-15-18)23-13-19(26)25(5-2)14-17-9-7-6-8-10-17;/h6-12,15,27H,4-5,13-14,16H2,1-3H3,(H2,22,23,24);1H. The van der Waals surface area contributed by atoms with E-state index in [-0.39, 0.29) is 36.4 Å². The van der Waals surface area contributed by atoms with Gasteiger partial charge in [-0.25, -0.2) is 4.99 Å². The van der Waals surface area contributed by atoms with E-state index in [0.29, 0.717) is 32.1 Å². The Labute approximate surface area is 194 Å². The number of hydrogen-bond donors (Lipinski definition) is 3. The van der Waals surface area contributed by atoms with Crippen molar-refractivity contribution in [1.29, 1.82) is 0 Å². The number of benzene rings is 1. The Kier molecular flexibility index (Phi) is 11.2. The number of nitrogens with one attached hydrogen (secondary N) is 2. The van der Waals surface area contributed by atoms with Crippen molar-refractivity contribution in [2.45, 2.75) is 32.9 Å². The van der Waals surface area contributed by atoms with Gasteiger partial charge in [-0.2, -0.15) is 11.3 Å². The van der Waals surface area contributed by atoms with Gasteiger partial charge < -0.3 is 20.6 Å². The predicted octanol–water partition coefficient (Wildman–Crippen LogP) is 3.18. The summed E-state index contributed by atoms with van der Waals surface area (Å²) in [4.78, 5) is 18.8. The van der Waals surface area contributed by atoms with E-state index >= 15 is 0 Å². The monoisotopic (exact) mass is 530 g/mol. The van der Waals surface area contributed by atoms with E-state index in [0.717, 1.165) is 11.1 Å². The summed E-state index contributed by atoms with van der Waals surface area (Å²) in [6.45, 7) is 7.90. The number of rotatable bonds is 9. The number of likely N-dealkylation sites (N-methyl/N-ethyl adjacent to an activating group) is 1. The van der Waals surface area contributed by atoms with Crippen LogP contribution in [0.4, 0.5) is 0 Å². The molecular formula is C21H31IN4O2S. The van der Waals surface area contributed by atoms with Crippen molar-refractivity contribution in [3.05, 3.63) is 58.3 Å². The minimum atomic E-state index is -1.01. The first-order valence-electron chi connectivity index (χ1n) is 9.55. The van der Waals surface area contributed by atoms with Gasteiger partial charge in [0, 0.05) is 19.6 Å². The molecule has 0 spiro atoms. The fourth-order valence-electron chi connectivity index (χ4n) is 2.70. The first-order valence-corrected chi connectivity index (χ1v) is 10.5. The molecule has 29 heavy (non-hydrogen) atoms. The number of guanidine groups is 1. The van der Waals surface area contributed by atoms with Gasteiger partial charge in [0.2, 0.25) is 5.91 Å². The number of halogens is 1. The molecule has 1 heterocycles. The Balaban J connectivity index is 0.00000420. The highest BCUT2D eigenvalue weighted by Crippen LogP contribution is 2.21. The molecule has 0 saturated heterocycles. The molecule has 1 aromatic carbocycles. The lowest BCUT2D eigenvalue weighted by Crippen LogP contribution is -2.45. The lowest BCUT2D eigenvalue weighted by Gasteiger charge is -2.24. The number of nitrogens with zero attached hydrogens (tertiary/aromatic N) is 2. The van der Waals surface area contributed by atoms with Crippen LogP contribution in [0.25, 0.3) is 0 Å². The lowest BCUT2D eigenvalue weighted by atomic mass is 9.99. The van der Waals surface area contributed by atoms with Gasteiger partial charge in [0.05, 0.1) is 6.54 Å². The third-order valence-corrected chi connectivity index (χ3v) is 5.09. The summed E-state index contributed by atoms with van der Waals surface area (Å²) in [5.41, 5.74) is 0.943. The molecule has 2 rings (SSSR count). The predicted molar refractivity (Wildman–Crippen MR) is 131 cm³/mol. The van der Waals surface area contributed by atoms with Crippen molar-refractivity contribution in [2.75, 3.05) is 26.2 Å². The molecule has 1 aromatic heterocycles. The smallest absolute Gasteiger partial charge is 0.244 e. The van der Waals surface area contributed by atoms with Crippen LogP contribution >= 0.6 is 35.3 Å². The average molecular weight is 530 g/mol. The zero-order valence-electron chi connectivity index (χ0n) is 17.2. The Bertz CT molecular complexity index is 751. The van der Waals surface area contributed by atoms with Gasteiger partial charge in [-0.15, -0.1) is 24.0 Å². The highest BCUT2D eigenvalue weighted by molar-refractivity contribution is 14.0. The summed E-state index contributed by atoms with van der Waals surface area (Å²) in [6, 6.07) is 11.8. The highest BCUT2D eigenvalue weighted by atomic mass is 127. The molecule has 0 fully saturated rings. The van der Waals surface area contributed by atoms with E-state index in [1.54, 1.807) is 23.2 Å². The zero-order valence-corrected chi connectivity index (χ0v) is 20.4. The molecule has 1 unspecified atom stereocenters. The number of hydrogen-bond acceptors (Lipinski definition) is 4. The molecule has 0 saturated carbocycles. The number of amides is 1. The number of aliphatic imine (C=N–C) groups is 1. The van der Waals surface area contributed by atoms with Gasteiger partial charge in [0.15, 0.2) is 5.96 Å². The second-order valence-corrected chi connectivity index (χ2v) is 7.51. The van der Waals surface area contributed by atoms with Gasteiger partial charge in [-0.3, -0.25) is 4.79 Å². The Morgan fingerprint density at radius 3 is 2.52 bits per heavy atom. The van der Waals surface area contributed by atoms with Crippen molar-refractivity contribution in [3.8, 4) is 0 Å². The van der Waals surface area contributed by atoms with E-state index in [1.807, 2.05) is 61.0 Å². The second kappa shape index (κ2) is 12.8. The van der Waals surface area contributed by atoms with Crippen molar-refractivity contribution in [3.63, 3.8) is 0 Å². The molecule has 0 aliphatic rings. The molecule has 0 aliphatic carbocycles. The molecule has 0 bridgehead atoms. The SMILES string of the molecule is CCNC(=NCC(=O)N(CC)Cc1ccccc1)NCC(C)(O)c1ccsc1.I. The molecule has 6 nitrogen and oxygen atoms in total. The fourth-order valence-corrected chi connectivity index (χ4v) is 3.48. The van der Waals surface area contributed by atoms with Crippen molar-refractivity contribution in [1.82, 2.24) is 15.5 Å². The van der Waals surface area contributed by atoms with Gasteiger partial charge in [0.25, 0.3) is 0 Å². The fraction of sp³-hybridized carbons (Fsp3) is 0.429. The number of carbonyl (C=O) groups excluding carboxylic acids is 1. The van der Waals surface area contributed by atoms with E-state index < -0.39 is 5.60 Å². The van der Waals surface area contributed by atoms with E-state index in [9.17, 15) is 9.90 Å². The average Bonchev–Trinajstić information content (AvgIpc) is 3.24. The molecule has 0 radical (unpaired) electrons. The van der Waals surface area contributed by atoms with Crippen molar-refractivity contribution >= 4 is 47.2 Å². The molecule has 8 heteroatoms. The highest BCUT2D eigenvalue weighted by Gasteiger charge is 2.23. The zero-order chi connectivity index (χ0) is 20.4. The van der Waals surface area contributed by atoms with E-state index in [4.69, 9.17) is 0 Å². The van der Waals surface area contributed by atoms with Gasteiger partial charge >= 0.3 is 0 Å². The summed E-state index contributed by atoms with van der Waals surface area (Å²) in [5.74, 6) is 0.482. The minimum Gasteiger partial charge on any atom is -0.384 e. The summed E-state index contributed by atoms with van der Waals surface area (Å²) in [5, 5.41) is 20.8. The first kappa shape index (κ1) is 25.4. The van der Waals surface area contributed by atoms with Crippen LogP contribution in [0.1, 0.15) is 31.9 Å². The van der Waals surface area contributed by atoms with Crippen LogP contribution in [-0.2, 0) is 16.9 Å². The molecule has 1 amide bonds. The summed E-state index contributed by atoms with van der Waals surface area (Å²) in [6.07, 6.45) is 0. The Hall–Kier alpha value is -1.65. The summed E-state index contributed by atoms with van der Waals surface area (Å²) < 4.78 is 0. The van der Waals surface area contributed by atoms with Gasteiger partial charge in [-0.05, 0) is 48.7 Å². The largest absolute Gasteiger partial charge is 0.384 e. The molecule has 3 N–H and O–H groups in total. The number of thiophene rings is 1. The Morgan fingerprint density at radius 2 is 1.93 bits per heavy atom. The molecule has 160 valence electrons. The van der Waals surface area contributed by atoms with Crippen LogP contribution in [0.15, 0.2) is 52.2 Å². The van der Waals surface area contributed by atoms with Gasteiger partial charge in [0.1, 0.15) is 12.1 Å². The van der Waals surface area contributed by atoms with E-state index in [2.05, 4.69) is 15.6 Å². The molecule has 2 aromatic rings. The topological polar surface area (TPSA) is 77.0 Å². The quantitative estimate of drug-likeness (QED) is 0.265. The Morgan fingerprint density at radius 1 is 1.21 bits per heavy atom. The van der Waals surface area contributed by atoms with Crippen LogP contribution < -0.4 is 10.6 Å². The number of carbonyl (C=O) groups is 1. The van der Waals surface area contributed by atoms with Crippen LogP contribution in [0.3, 0.4) is 0 Å². The maximum absolute atomic E-state index is 12.6. The summed E-state index contributed by atoms with van der Waals surface area (Å²) in [7, 11) is 0. The first-order chi connectivity index (χ1) is 13.5. The van der Waals surface area contributed by atoms with Crippen LogP contribution in [-0.4, -0.2) is 48.1 Å². The van der Waals surface area contributed by atoms with Crippen LogP contribution in [0.2, 0.25) is 0 Å². The van der Waals surface area contributed by atoms with Crippen LogP contribution in [0, 0.1) is 0 Å². The third kappa shape index (κ3) is 8.31. The van der Waals surface area contributed by atoms with E-state index in [1.165, 1.54) is 0 Å². The van der Waals surface area contributed by atoms with Gasteiger partial charge in [-0.1, -0.05) is 30.3 Å². The third-order valence-electron chi connectivity index (χ3n) is 4.41. The maximum atomic E-state index is 12.6. The second-order valence-electron chi connectivity index (χ2n) is 6.73. The molecule has 1 atom stereocenters. The van der Waals surface area contributed by atoms with Crippen molar-refractivity contribution in [2.24, 2.45) is 4.99 Å². The summed E-state index contributed by atoms with van der Waals surface area (Å²) >= 11 is 1.55. The van der Waals surface area contributed by atoms with Crippen LogP contribution in [0.5, 0.6) is 0 Å². The number of aliphatic hydroxyl groups is 1. The molecule has 0 aliphatic heterocycles. The minimum absolute atomic E-state index is 0. The molecular weight excluding hydrogens is 499 g/mol. The normalized spacial score (nSPS) is 13.2. The maximum Gasteiger partial charge on any atom is 0.244 e.